The van der Waals surface area contributed by atoms with Crippen molar-refractivity contribution in [2.75, 3.05) is 16.4 Å². The number of benzene rings is 4. The lowest BCUT2D eigenvalue weighted by atomic mass is 10.1. The molecular weight excluding hydrogens is 463 g/mol. The van der Waals surface area contributed by atoms with Crippen LogP contribution in [0.3, 0.4) is 0 Å². The third-order valence-corrected chi connectivity index (χ3v) is 6.55. The summed E-state index contributed by atoms with van der Waals surface area (Å²) in [4.78, 5) is 25.7. The van der Waals surface area contributed by atoms with Gasteiger partial charge in [0, 0.05) is 16.1 Å². The van der Waals surface area contributed by atoms with Gasteiger partial charge in [-0.1, -0.05) is 59.6 Å². The van der Waals surface area contributed by atoms with Gasteiger partial charge in [0.25, 0.3) is 5.91 Å². The van der Waals surface area contributed by atoms with Crippen LogP contribution >= 0.6 is 35.0 Å². The molecule has 160 valence electrons. The summed E-state index contributed by atoms with van der Waals surface area (Å²) in [5.41, 5.74) is 1.76. The van der Waals surface area contributed by atoms with E-state index in [-0.39, 0.29) is 17.6 Å². The largest absolute Gasteiger partial charge is 0.324 e. The number of rotatable bonds is 6. The number of carbonyl (C=O) groups excluding carboxylic acids is 2. The number of fused-ring (bicyclic) bond motifs is 1. The van der Waals surface area contributed by atoms with Crippen LogP contribution in [0.2, 0.25) is 10.0 Å². The number of amides is 2. The second-order valence-electron chi connectivity index (χ2n) is 6.98. The number of anilines is 2. The maximum Gasteiger partial charge on any atom is 0.255 e. The fourth-order valence-corrected chi connectivity index (χ4v) is 4.15. The Kier molecular flexibility index (Phi) is 7.00. The average molecular weight is 481 g/mol. The number of nitrogens with one attached hydrogen (secondary N) is 2. The molecule has 7 heteroatoms. The highest BCUT2D eigenvalue weighted by atomic mass is 35.5. The van der Waals surface area contributed by atoms with Crippen molar-refractivity contribution in [1.82, 2.24) is 0 Å². The minimum absolute atomic E-state index is 0.172. The summed E-state index contributed by atoms with van der Waals surface area (Å²) in [6.07, 6.45) is 0. The zero-order valence-electron chi connectivity index (χ0n) is 16.8. The molecule has 0 bridgehead atoms. The van der Waals surface area contributed by atoms with Gasteiger partial charge >= 0.3 is 0 Å². The molecule has 0 saturated heterocycles. The molecule has 0 atom stereocenters. The highest BCUT2D eigenvalue weighted by Gasteiger charge is 2.10. The van der Waals surface area contributed by atoms with E-state index in [1.54, 1.807) is 18.2 Å². The molecule has 2 amide bonds. The lowest BCUT2D eigenvalue weighted by Gasteiger charge is -2.09. The molecule has 32 heavy (non-hydrogen) atoms. The second kappa shape index (κ2) is 10.1. The normalized spacial score (nSPS) is 10.7. The Labute approximate surface area is 199 Å². The van der Waals surface area contributed by atoms with E-state index in [4.69, 9.17) is 23.2 Å². The molecular formula is C25H18Cl2N2O2S. The lowest BCUT2D eigenvalue weighted by molar-refractivity contribution is -0.113. The fourth-order valence-electron chi connectivity index (χ4n) is 3.10. The molecule has 0 heterocycles. The fraction of sp³-hybridized carbons (Fsp3) is 0.0400. The molecule has 4 nitrogen and oxygen atoms in total. The molecule has 0 unspecified atom stereocenters. The molecule has 0 fully saturated rings. The van der Waals surface area contributed by atoms with Crippen LogP contribution in [0.5, 0.6) is 0 Å². The Morgan fingerprint density at radius 3 is 2.31 bits per heavy atom. The zero-order chi connectivity index (χ0) is 22.5. The number of carbonyl (C=O) groups is 2. The number of halogens is 2. The summed E-state index contributed by atoms with van der Waals surface area (Å²) >= 11 is 13.4. The Balaban J connectivity index is 1.33. The molecule has 4 rings (SSSR count). The van der Waals surface area contributed by atoms with Gasteiger partial charge in [0.1, 0.15) is 0 Å². The van der Waals surface area contributed by atoms with Crippen molar-refractivity contribution in [3.63, 3.8) is 0 Å². The van der Waals surface area contributed by atoms with Gasteiger partial charge in [0.2, 0.25) is 5.91 Å². The quantitative estimate of drug-likeness (QED) is 0.288. The van der Waals surface area contributed by atoms with Crippen LogP contribution in [0.1, 0.15) is 10.4 Å². The van der Waals surface area contributed by atoms with E-state index in [0.29, 0.717) is 27.0 Å². The summed E-state index contributed by atoms with van der Waals surface area (Å²) in [5, 5.41) is 8.47. The Morgan fingerprint density at radius 1 is 0.781 bits per heavy atom. The van der Waals surface area contributed by atoms with Gasteiger partial charge in [-0.05, 0) is 59.3 Å². The molecule has 0 aliphatic carbocycles. The molecule has 4 aromatic rings. The summed E-state index contributed by atoms with van der Waals surface area (Å²) in [7, 11) is 0. The Bertz CT molecular complexity index is 1290. The van der Waals surface area contributed by atoms with Crippen molar-refractivity contribution in [3.8, 4) is 0 Å². The molecule has 0 aliphatic rings. The monoisotopic (exact) mass is 480 g/mol. The van der Waals surface area contributed by atoms with Crippen LogP contribution in [-0.4, -0.2) is 17.6 Å². The van der Waals surface area contributed by atoms with Crippen molar-refractivity contribution in [1.29, 1.82) is 0 Å². The van der Waals surface area contributed by atoms with E-state index in [2.05, 4.69) is 10.6 Å². The number of thioether (sulfide) groups is 1. The van der Waals surface area contributed by atoms with Gasteiger partial charge in [-0.3, -0.25) is 9.59 Å². The van der Waals surface area contributed by atoms with Crippen LogP contribution in [0.25, 0.3) is 10.8 Å². The molecule has 0 aliphatic heterocycles. The highest BCUT2D eigenvalue weighted by Crippen LogP contribution is 2.30. The van der Waals surface area contributed by atoms with Gasteiger partial charge in [0.05, 0.1) is 21.5 Å². The molecule has 0 radical (unpaired) electrons. The van der Waals surface area contributed by atoms with Crippen molar-refractivity contribution in [3.05, 3.63) is 101 Å². The van der Waals surface area contributed by atoms with Gasteiger partial charge < -0.3 is 10.6 Å². The number of hydrogen-bond acceptors (Lipinski definition) is 3. The summed E-state index contributed by atoms with van der Waals surface area (Å²) < 4.78 is 0. The third-order valence-electron chi connectivity index (χ3n) is 4.72. The molecule has 0 aromatic heterocycles. The molecule has 4 aromatic carbocycles. The average Bonchev–Trinajstić information content (AvgIpc) is 2.81. The van der Waals surface area contributed by atoms with Gasteiger partial charge in [0.15, 0.2) is 0 Å². The van der Waals surface area contributed by atoms with E-state index < -0.39 is 0 Å². The third kappa shape index (κ3) is 5.43. The Morgan fingerprint density at radius 2 is 1.53 bits per heavy atom. The van der Waals surface area contributed by atoms with Crippen molar-refractivity contribution in [2.24, 2.45) is 0 Å². The first-order valence-electron chi connectivity index (χ1n) is 9.76. The SMILES string of the molecule is O=C(CSc1ccc(NC(=O)c2ccc3ccccc3c2)cc1)Nc1cccc(Cl)c1Cl. The highest BCUT2D eigenvalue weighted by molar-refractivity contribution is 8.00. The van der Waals surface area contributed by atoms with Gasteiger partial charge in [-0.2, -0.15) is 0 Å². The Hall–Kier alpha value is -2.99. The predicted octanol–water partition coefficient (Wildman–Crippen LogP) is 7.13. The van der Waals surface area contributed by atoms with Crippen molar-refractivity contribution < 1.29 is 9.59 Å². The van der Waals surface area contributed by atoms with Crippen LogP contribution in [0, 0.1) is 0 Å². The first-order chi connectivity index (χ1) is 15.5. The summed E-state index contributed by atoms with van der Waals surface area (Å²) in [5.74, 6) is -0.146. The van der Waals surface area contributed by atoms with Crippen LogP contribution in [0.15, 0.2) is 89.8 Å². The van der Waals surface area contributed by atoms with E-state index in [1.807, 2.05) is 66.7 Å². The van der Waals surface area contributed by atoms with Crippen LogP contribution in [-0.2, 0) is 4.79 Å². The van der Waals surface area contributed by atoms with E-state index in [1.165, 1.54) is 11.8 Å². The first-order valence-corrected chi connectivity index (χ1v) is 11.5. The smallest absolute Gasteiger partial charge is 0.255 e. The van der Waals surface area contributed by atoms with E-state index in [0.717, 1.165) is 15.7 Å². The van der Waals surface area contributed by atoms with Crippen molar-refractivity contribution in [2.45, 2.75) is 4.90 Å². The lowest BCUT2D eigenvalue weighted by Crippen LogP contribution is -2.14. The van der Waals surface area contributed by atoms with E-state index >= 15 is 0 Å². The van der Waals surface area contributed by atoms with Gasteiger partial charge in [-0.15, -0.1) is 11.8 Å². The van der Waals surface area contributed by atoms with E-state index in [9.17, 15) is 9.59 Å². The minimum Gasteiger partial charge on any atom is -0.324 e. The standard InChI is InChI=1S/C25H18Cl2N2O2S/c26-21-6-3-7-22(24(21)27)29-23(30)15-32-20-12-10-19(11-13-20)28-25(31)18-9-8-16-4-1-2-5-17(16)14-18/h1-14H,15H2,(H,28,31)(H,29,30). The van der Waals surface area contributed by atoms with Crippen LogP contribution in [0.4, 0.5) is 11.4 Å². The predicted molar refractivity (Wildman–Crippen MR) is 134 cm³/mol. The first kappa shape index (κ1) is 22.2. The molecule has 0 spiro atoms. The maximum absolute atomic E-state index is 12.6. The molecule has 0 saturated carbocycles. The molecule has 2 N–H and O–H groups in total. The number of hydrogen-bond donors (Lipinski definition) is 2. The van der Waals surface area contributed by atoms with Crippen molar-refractivity contribution >= 4 is 68.9 Å². The topological polar surface area (TPSA) is 58.2 Å². The van der Waals surface area contributed by atoms with Crippen LogP contribution < -0.4 is 10.6 Å². The second-order valence-corrected chi connectivity index (χ2v) is 8.81. The summed E-state index contributed by atoms with van der Waals surface area (Å²) in [6, 6.07) is 26.0. The summed E-state index contributed by atoms with van der Waals surface area (Å²) in [6.45, 7) is 0. The minimum atomic E-state index is -0.187. The zero-order valence-corrected chi connectivity index (χ0v) is 19.1. The maximum atomic E-state index is 12.6. The van der Waals surface area contributed by atoms with Gasteiger partial charge in [-0.25, -0.2) is 0 Å².